The highest BCUT2D eigenvalue weighted by Gasteiger charge is 2.40. The van der Waals surface area contributed by atoms with Crippen molar-refractivity contribution >= 4 is 5.69 Å². The molecule has 0 bridgehead atoms. The molecule has 2 rings (SSSR count). The Kier molecular flexibility index (Phi) is 4.04. The molecule has 0 spiro atoms. The van der Waals surface area contributed by atoms with Crippen molar-refractivity contribution in [2.75, 3.05) is 25.5 Å². The minimum Gasteiger partial charge on any atom is -0.496 e. The molecule has 0 aliphatic heterocycles. The standard InChI is InChI=1S/C16H26N2O/c1-11(2)13-8-14(12(3)7-15(13)19-4)18-10-16(9-17)5-6-16/h7-8,11,18H,5-6,9-10,17H2,1-4H3. The highest BCUT2D eigenvalue weighted by Crippen LogP contribution is 2.44. The number of anilines is 1. The molecule has 3 nitrogen and oxygen atoms in total. The average molecular weight is 262 g/mol. The van der Waals surface area contributed by atoms with E-state index in [9.17, 15) is 0 Å². The first-order chi connectivity index (χ1) is 9.01. The van der Waals surface area contributed by atoms with E-state index < -0.39 is 0 Å². The third kappa shape index (κ3) is 3.03. The molecule has 1 saturated carbocycles. The second-order valence-corrected chi connectivity index (χ2v) is 6.12. The molecular formula is C16H26N2O. The van der Waals surface area contributed by atoms with Crippen LogP contribution in [0, 0.1) is 12.3 Å². The van der Waals surface area contributed by atoms with Gasteiger partial charge in [-0.1, -0.05) is 13.8 Å². The molecule has 1 fully saturated rings. The third-order valence-corrected chi connectivity index (χ3v) is 4.24. The van der Waals surface area contributed by atoms with Crippen LogP contribution in [-0.4, -0.2) is 20.2 Å². The van der Waals surface area contributed by atoms with Crippen LogP contribution in [0.15, 0.2) is 12.1 Å². The Morgan fingerprint density at radius 3 is 2.53 bits per heavy atom. The lowest BCUT2D eigenvalue weighted by molar-refractivity contribution is 0.407. The summed E-state index contributed by atoms with van der Waals surface area (Å²) in [5.41, 5.74) is 9.89. The molecule has 1 aliphatic carbocycles. The van der Waals surface area contributed by atoms with E-state index in [1.54, 1.807) is 7.11 Å². The number of nitrogens with one attached hydrogen (secondary N) is 1. The summed E-state index contributed by atoms with van der Waals surface area (Å²) in [5, 5.41) is 3.58. The van der Waals surface area contributed by atoms with E-state index in [4.69, 9.17) is 10.5 Å². The molecule has 3 heteroatoms. The minimum absolute atomic E-state index is 0.352. The zero-order valence-electron chi connectivity index (χ0n) is 12.5. The van der Waals surface area contributed by atoms with Crippen LogP contribution >= 0.6 is 0 Å². The van der Waals surface area contributed by atoms with Crippen molar-refractivity contribution in [1.29, 1.82) is 0 Å². The predicted octanol–water partition coefficient (Wildman–Crippen LogP) is 3.28. The Bertz CT molecular complexity index is 450. The highest BCUT2D eigenvalue weighted by molar-refractivity contribution is 5.58. The second-order valence-electron chi connectivity index (χ2n) is 6.12. The zero-order chi connectivity index (χ0) is 14.0. The van der Waals surface area contributed by atoms with E-state index in [1.165, 1.54) is 29.7 Å². The summed E-state index contributed by atoms with van der Waals surface area (Å²) in [4.78, 5) is 0. The predicted molar refractivity (Wildman–Crippen MR) is 81.0 cm³/mol. The van der Waals surface area contributed by atoms with Gasteiger partial charge in [0.2, 0.25) is 0 Å². The molecule has 1 aromatic rings. The summed E-state index contributed by atoms with van der Waals surface area (Å²) >= 11 is 0. The molecule has 0 saturated heterocycles. The van der Waals surface area contributed by atoms with Gasteiger partial charge in [-0.3, -0.25) is 0 Å². The van der Waals surface area contributed by atoms with Crippen LogP contribution in [0.2, 0.25) is 0 Å². The van der Waals surface area contributed by atoms with Gasteiger partial charge in [-0.2, -0.15) is 0 Å². The fourth-order valence-electron chi connectivity index (χ4n) is 2.43. The van der Waals surface area contributed by atoms with Gasteiger partial charge in [0.15, 0.2) is 0 Å². The third-order valence-electron chi connectivity index (χ3n) is 4.24. The van der Waals surface area contributed by atoms with Crippen LogP contribution in [0.1, 0.15) is 43.7 Å². The van der Waals surface area contributed by atoms with Gasteiger partial charge in [-0.05, 0) is 60.9 Å². The lowest BCUT2D eigenvalue weighted by Gasteiger charge is -2.19. The van der Waals surface area contributed by atoms with Gasteiger partial charge in [0.1, 0.15) is 5.75 Å². The summed E-state index contributed by atoms with van der Waals surface area (Å²) in [7, 11) is 1.74. The lowest BCUT2D eigenvalue weighted by Crippen LogP contribution is -2.24. The number of hydrogen-bond donors (Lipinski definition) is 2. The molecule has 1 aliphatic rings. The van der Waals surface area contributed by atoms with Crippen molar-refractivity contribution in [3.8, 4) is 5.75 Å². The number of benzene rings is 1. The largest absolute Gasteiger partial charge is 0.496 e. The van der Waals surface area contributed by atoms with Crippen LogP contribution in [-0.2, 0) is 0 Å². The normalized spacial score (nSPS) is 16.5. The molecule has 0 unspecified atom stereocenters. The van der Waals surface area contributed by atoms with Gasteiger partial charge in [0.25, 0.3) is 0 Å². The molecule has 0 atom stereocenters. The Morgan fingerprint density at radius 2 is 2.05 bits per heavy atom. The SMILES string of the molecule is COc1cc(C)c(NCC2(CN)CC2)cc1C(C)C. The van der Waals surface area contributed by atoms with Gasteiger partial charge in [-0.15, -0.1) is 0 Å². The van der Waals surface area contributed by atoms with E-state index in [0.29, 0.717) is 11.3 Å². The van der Waals surface area contributed by atoms with Crippen LogP contribution in [0.5, 0.6) is 5.75 Å². The Morgan fingerprint density at radius 1 is 1.37 bits per heavy atom. The number of ether oxygens (including phenoxy) is 1. The van der Waals surface area contributed by atoms with Gasteiger partial charge >= 0.3 is 0 Å². The fourth-order valence-corrected chi connectivity index (χ4v) is 2.43. The van der Waals surface area contributed by atoms with Gasteiger partial charge in [0.05, 0.1) is 7.11 Å². The van der Waals surface area contributed by atoms with Gasteiger partial charge in [0, 0.05) is 12.2 Å². The molecule has 19 heavy (non-hydrogen) atoms. The number of aryl methyl sites for hydroxylation is 1. The van der Waals surface area contributed by atoms with Gasteiger partial charge in [-0.25, -0.2) is 0 Å². The number of nitrogens with two attached hydrogens (primary N) is 1. The number of hydrogen-bond acceptors (Lipinski definition) is 3. The first-order valence-corrected chi connectivity index (χ1v) is 7.14. The van der Waals surface area contributed by atoms with Crippen molar-refractivity contribution in [3.63, 3.8) is 0 Å². The monoisotopic (exact) mass is 262 g/mol. The molecule has 0 heterocycles. The molecule has 0 amide bonds. The summed E-state index contributed by atoms with van der Waals surface area (Å²) in [6, 6.07) is 4.35. The highest BCUT2D eigenvalue weighted by atomic mass is 16.5. The van der Waals surface area contributed by atoms with Crippen molar-refractivity contribution in [2.45, 2.75) is 39.5 Å². The first-order valence-electron chi connectivity index (χ1n) is 7.14. The molecule has 3 N–H and O–H groups in total. The van der Waals surface area contributed by atoms with Crippen LogP contribution in [0.25, 0.3) is 0 Å². The molecule has 0 aromatic heterocycles. The summed E-state index contributed by atoms with van der Waals surface area (Å²) < 4.78 is 5.47. The zero-order valence-corrected chi connectivity index (χ0v) is 12.5. The second kappa shape index (κ2) is 5.41. The van der Waals surface area contributed by atoms with E-state index >= 15 is 0 Å². The lowest BCUT2D eigenvalue weighted by atomic mass is 9.98. The minimum atomic E-state index is 0.352. The van der Waals surface area contributed by atoms with E-state index in [-0.39, 0.29) is 0 Å². The van der Waals surface area contributed by atoms with Gasteiger partial charge < -0.3 is 15.8 Å². The maximum atomic E-state index is 5.83. The maximum Gasteiger partial charge on any atom is 0.122 e. The fraction of sp³-hybridized carbons (Fsp3) is 0.625. The van der Waals surface area contributed by atoms with Crippen LogP contribution < -0.4 is 15.8 Å². The molecular weight excluding hydrogens is 236 g/mol. The van der Waals surface area contributed by atoms with Crippen molar-refractivity contribution in [2.24, 2.45) is 11.1 Å². The van der Waals surface area contributed by atoms with Crippen molar-refractivity contribution in [3.05, 3.63) is 23.3 Å². The Balaban J connectivity index is 2.18. The summed E-state index contributed by atoms with van der Waals surface area (Å²) in [6.07, 6.45) is 2.51. The average Bonchev–Trinajstić information content (AvgIpc) is 3.17. The van der Waals surface area contributed by atoms with E-state index in [1.807, 2.05) is 0 Å². The van der Waals surface area contributed by atoms with E-state index in [2.05, 4.69) is 38.2 Å². The van der Waals surface area contributed by atoms with Crippen LogP contribution in [0.4, 0.5) is 5.69 Å². The smallest absolute Gasteiger partial charge is 0.122 e. The topological polar surface area (TPSA) is 47.3 Å². The van der Waals surface area contributed by atoms with E-state index in [0.717, 1.165) is 18.8 Å². The molecule has 1 aromatic carbocycles. The molecule has 106 valence electrons. The van der Waals surface area contributed by atoms with Crippen LogP contribution in [0.3, 0.4) is 0 Å². The summed E-state index contributed by atoms with van der Waals surface area (Å²) in [6.45, 7) is 8.27. The quantitative estimate of drug-likeness (QED) is 0.827. The molecule has 0 radical (unpaired) electrons. The Hall–Kier alpha value is -1.22. The summed E-state index contributed by atoms with van der Waals surface area (Å²) in [5.74, 6) is 1.44. The number of methoxy groups -OCH3 is 1. The van der Waals surface area contributed by atoms with Crippen molar-refractivity contribution in [1.82, 2.24) is 0 Å². The van der Waals surface area contributed by atoms with Crippen molar-refractivity contribution < 1.29 is 4.74 Å². The maximum absolute atomic E-state index is 5.83. The Labute approximate surface area is 116 Å². The first kappa shape index (κ1) is 14.2. The number of rotatable bonds is 6.